The van der Waals surface area contributed by atoms with Crippen LogP contribution in [0.4, 0.5) is 0 Å². The molecule has 0 spiro atoms. The van der Waals surface area contributed by atoms with Crippen LogP contribution in [-0.4, -0.2) is 10.2 Å². The fourth-order valence-electron chi connectivity index (χ4n) is 0.965. The topological polar surface area (TPSA) is 28.7 Å². The lowest BCUT2D eigenvalue weighted by molar-refractivity contribution is 0.589. The number of nitrogens with zero attached hydrogens (tertiary/aromatic N) is 1. The molecule has 0 amide bonds. The quantitative estimate of drug-likeness (QED) is 0.557. The van der Waals surface area contributed by atoms with Crippen LogP contribution < -0.4 is 0 Å². The van der Waals surface area contributed by atoms with E-state index in [1.54, 1.807) is 6.20 Å². The molecule has 1 N–H and O–H groups in total. The number of nitrogens with one attached hydrogen (secondary N) is 1. The highest BCUT2D eigenvalue weighted by Crippen LogP contribution is 2.23. The van der Waals surface area contributed by atoms with Gasteiger partial charge in [-0.15, -0.1) is 6.42 Å². The highest BCUT2D eigenvalue weighted by Gasteiger charge is 2.18. The summed E-state index contributed by atoms with van der Waals surface area (Å²) in [5.74, 6) is 2.56. The molecule has 0 aromatic carbocycles. The smallest absolute Gasteiger partial charge is 0.111 e. The van der Waals surface area contributed by atoms with Gasteiger partial charge in [-0.05, 0) is 5.41 Å². The van der Waals surface area contributed by atoms with Crippen molar-refractivity contribution in [3.8, 4) is 12.3 Å². The van der Waals surface area contributed by atoms with E-state index in [2.05, 4.69) is 36.9 Å². The second-order valence-corrected chi connectivity index (χ2v) is 3.55. The van der Waals surface area contributed by atoms with Gasteiger partial charge < -0.3 is 0 Å². The number of aromatic nitrogens is 2. The number of aromatic amines is 1. The summed E-state index contributed by atoms with van der Waals surface area (Å²) >= 11 is 0. The zero-order valence-electron chi connectivity index (χ0n) is 7.10. The summed E-state index contributed by atoms with van der Waals surface area (Å²) in [7, 11) is 0. The van der Waals surface area contributed by atoms with Crippen LogP contribution in [0.2, 0.25) is 0 Å². The molecule has 0 fully saturated rings. The number of hydrogen-bond acceptors (Lipinski definition) is 1. The first-order chi connectivity index (χ1) is 5.05. The average Bonchev–Trinajstić information content (AvgIpc) is 2.31. The van der Waals surface area contributed by atoms with Gasteiger partial charge in [-0.1, -0.05) is 26.7 Å². The van der Waals surface area contributed by atoms with Crippen LogP contribution in [0.3, 0.4) is 0 Å². The minimum Gasteiger partial charge on any atom is -0.270 e. The molecule has 0 bridgehead atoms. The van der Waals surface area contributed by atoms with Crippen LogP contribution in [0.25, 0.3) is 0 Å². The van der Waals surface area contributed by atoms with Crippen molar-refractivity contribution in [3.63, 3.8) is 0 Å². The Morgan fingerprint density at radius 3 is 2.55 bits per heavy atom. The SMILES string of the molecule is C#Cc1[nH]ncc1C(C)(C)C. The lowest BCUT2D eigenvalue weighted by atomic mass is 9.87. The highest BCUT2D eigenvalue weighted by atomic mass is 15.1. The van der Waals surface area contributed by atoms with Crippen molar-refractivity contribution in [1.29, 1.82) is 0 Å². The largest absolute Gasteiger partial charge is 0.270 e. The molecule has 1 heterocycles. The average molecular weight is 148 g/mol. The van der Waals surface area contributed by atoms with Gasteiger partial charge in [-0.3, -0.25) is 5.10 Å². The number of rotatable bonds is 0. The summed E-state index contributed by atoms with van der Waals surface area (Å²) in [6.45, 7) is 6.33. The maximum atomic E-state index is 5.27. The minimum atomic E-state index is 0.0781. The third-order valence-electron chi connectivity index (χ3n) is 1.59. The maximum absolute atomic E-state index is 5.27. The van der Waals surface area contributed by atoms with Gasteiger partial charge in [0.1, 0.15) is 5.69 Å². The molecule has 58 valence electrons. The Hall–Kier alpha value is -1.23. The van der Waals surface area contributed by atoms with Crippen molar-refractivity contribution in [2.24, 2.45) is 0 Å². The van der Waals surface area contributed by atoms with Gasteiger partial charge in [0.15, 0.2) is 0 Å². The number of H-pyrrole nitrogens is 1. The van der Waals surface area contributed by atoms with E-state index in [1.807, 2.05) is 0 Å². The second kappa shape index (κ2) is 2.43. The molecule has 0 unspecified atom stereocenters. The number of hydrogen-bond donors (Lipinski definition) is 1. The van der Waals surface area contributed by atoms with E-state index < -0.39 is 0 Å². The summed E-state index contributed by atoms with van der Waals surface area (Å²) in [4.78, 5) is 0. The molecule has 0 radical (unpaired) electrons. The predicted octanol–water partition coefficient (Wildman–Crippen LogP) is 1.69. The summed E-state index contributed by atoms with van der Waals surface area (Å²) in [5.41, 5.74) is 1.96. The Balaban J connectivity index is 3.15. The monoisotopic (exact) mass is 148 g/mol. The molecule has 0 saturated heterocycles. The molecule has 0 aliphatic rings. The van der Waals surface area contributed by atoms with E-state index in [0.29, 0.717) is 0 Å². The molecular weight excluding hydrogens is 136 g/mol. The van der Waals surface area contributed by atoms with E-state index in [-0.39, 0.29) is 5.41 Å². The van der Waals surface area contributed by atoms with Crippen molar-refractivity contribution in [2.45, 2.75) is 26.2 Å². The molecule has 0 atom stereocenters. The molecule has 1 rings (SSSR count). The first-order valence-corrected chi connectivity index (χ1v) is 3.56. The summed E-state index contributed by atoms with van der Waals surface area (Å²) in [6, 6.07) is 0. The standard InChI is InChI=1S/C9H12N2/c1-5-8-7(6-10-11-8)9(2,3)4/h1,6H,2-4H3,(H,10,11). The lowest BCUT2D eigenvalue weighted by Gasteiger charge is -2.16. The first-order valence-electron chi connectivity index (χ1n) is 3.56. The fourth-order valence-corrected chi connectivity index (χ4v) is 0.965. The van der Waals surface area contributed by atoms with Gasteiger partial charge >= 0.3 is 0 Å². The van der Waals surface area contributed by atoms with Crippen LogP contribution in [0.5, 0.6) is 0 Å². The Morgan fingerprint density at radius 2 is 2.18 bits per heavy atom. The van der Waals surface area contributed by atoms with Gasteiger partial charge in [-0.25, -0.2) is 0 Å². The summed E-state index contributed by atoms with van der Waals surface area (Å²) < 4.78 is 0. The van der Waals surface area contributed by atoms with Crippen LogP contribution in [-0.2, 0) is 5.41 Å². The third-order valence-corrected chi connectivity index (χ3v) is 1.59. The summed E-state index contributed by atoms with van der Waals surface area (Å²) in [6.07, 6.45) is 7.06. The van der Waals surface area contributed by atoms with Crippen LogP contribution >= 0.6 is 0 Å². The molecule has 11 heavy (non-hydrogen) atoms. The molecule has 0 saturated carbocycles. The van der Waals surface area contributed by atoms with Crippen molar-refractivity contribution in [3.05, 3.63) is 17.5 Å². The van der Waals surface area contributed by atoms with Crippen LogP contribution in [0.15, 0.2) is 6.20 Å². The maximum Gasteiger partial charge on any atom is 0.111 e. The van der Waals surface area contributed by atoms with E-state index >= 15 is 0 Å². The van der Waals surface area contributed by atoms with Crippen molar-refractivity contribution in [1.82, 2.24) is 10.2 Å². The first kappa shape index (κ1) is 7.87. The molecule has 1 aromatic heterocycles. The fraction of sp³-hybridized carbons (Fsp3) is 0.444. The predicted molar refractivity (Wildman–Crippen MR) is 45.2 cm³/mol. The van der Waals surface area contributed by atoms with Crippen molar-refractivity contribution >= 4 is 0 Å². The van der Waals surface area contributed by atoms with Gasteiger partial charge in [0.05, 0.1) is 6.20 Å². The zero-order chi connectivity index (χ0) is 8.48. The molecule has 0 aliphatic carbocycles. The lowest BCUT2D eigenvalue weighted by Crippen LogP contribution is -2.11. The molecule has 0 aliphatic heterocycles. The van der Waals surface area contributed by atoms with E-state index in [1.165, 1.54) is 0 Å². The molecular formula is C9H12N2. The zero-order valence-corrected chi connectivity index (χ0v) is 7.10. The Kier molecular flexibility index (Phi) is 1.74. The minimum absolute atomic E-state index is 0.0781. The van der Waals surface area contributed by atoms with Crippen LogP contribution in [0.1, 0.15) is 32.0 Å². The van der Waals surface area contributed by atoms with Gasteiger partial charge in [-0.2, -0.15) is 5.10 Å². The molecule has 2 nitrogen and oxygen atoms in total. The molecule has 2 heteroatoms. The van der Waals surface area contributed by atoms with E-state index in [9.17, 15) is 0 Å². The highest BCUT2D eigenvalue weighted by molar-refractivity contribution is 5.36. The normalized spacial score (nSPS) is 11.1. The molecule has 1 aromatic rings. The van der Waals surface area contributed by atoms with E-state index in [0.717, 1.165) is 11.3 Å². The number of terminal acetylenes is 1. The van der Waals surface area contributed by atoms with Gasteiger partial charge in [0.2, 0.25) is 0 Å². The van der Waals surface area contributed by atoms with Crippen molar-refractivity contribution < 1.29 is 0 Å². The van der Waals surface area contributed by atoms with Crippen molar-refractivity contribution in [2.75, 3.05) is 0 Å². The van der Waals surface area contributed by atoms with Gasteiger partial charge in [0.25, 0.3) is 0 Å². The Labute approximate surface area is 67.0 Å². The van der Waals surface area contributed by atoms with E-state index in [4.69, 9.17) is 6.42 Å². The third kappa shape index (κ3) is 1.43. The Morgan fingerprint density at radius 1 is 1.55 bits per heavy atom. The second-order valence-electron chi connectivity index (χ2n) is 3.55. The summed E-state index contributed by atoms with van der Waals surface area (Å²) in [5, 5.41) is 6.67. The van der Waals surface area contributed by atoms with Gasteiger partial charge in [0, 0.05) is 5.56 Å². The van der Waals surface area contributed by atoms with Crippen LogP contribution in [0, 0.1) is 12.3 Å². The Bertz CT molecular complexity index is 283.